The highest BCUT2D eigenvalue weighted by atomic mass is 16.3. The summed E-state index contributed by atoms with van der Waals surface area (Å²) in [6.07, 6.45) is 7.98. The van der Waals surface area contributed by atoms with Crippen molar-refractivity contribution in [2.75, 3.05) is 19.7 Å². The first kappa shape index (κ1) is 10.7. The number of allylic oxidation sites excluding steroid dienone is 1. The quantitative estimate of drug-likeness (QED) is 0.501. The first-order valence-electron chi connectivity index (χ1n) is 5.31. The van der Waals surface area contributed by atoms with Crippen molar-refractivity contribution in [3.05, 3.63) is 12.2 Å². The molecular weight excluding hydrogens is 162 g/mol. The zero-order valence-corrected chi connectivity index (χ0v) is 8.50. The van der Waals surface area contributed by atoms with Crippen LogP contribution in [0.25, 0.3) is 0 Å². The van der Waals surface area contributed by atoms with E-state index in [0.717, 1.165) is 13.1 Å². The summed E-state index contributed by atoms with van der Waals surface area (Å²) in [5, 5.41) is 12.5. The van der Waals surface area contributed by atoms with Gasteiger partial charge < -0.3 is 10.4 Å². The number of aliphatic hydroxyl groups excluding tert-OH is 1. The van der Waals surface area contributed by atoms with Crippen LogP contribution in [0.1, 0.15) is 26.2 Å². The maximum absolute atomic E-state index is 9.10. The summed E-state index contributed by atoms with van der Waals surface area (Å²) in [7, 11) is 0. The highest BCUT2D eigenvalue weighted by molar-refractivity contribution is 4.82. The van der Waals surface area contributed by atoms with E-state index in [1.54, 1.807) is 0 Å². The van der Waals surface area contributed by atoms with E-state index >= 15 is 0 Å². The summed E-state index contributed by atoms with van der Waals surface area (Å²) in [4.78, 5) is 0. The first-order chi connectivity index (χ1) is 6.38. The minimum atomic E-state index is 0.371. The molecule has 0 heterocycles. The average molecular weight is 183 g/mol. The third kappa shape index (κ3) is 3.49. The fourth-order valence-corrected chi connectivity index (χ4v) is 2.09. The van der Waals surface area contributed by atoms with Crippen LogP contribution in [0.15, 0.2) is 12.2 Å². The number of nitrogens with one attached hydrogen (secondary N) is 1. The van der Waals surface area contributed by atoms with Gasteiger partial charge in [-0.1, -0.05) is 18.6 Å². The van der Waals surface area contributed by atoms with E-state index in [1.165, 1.54) is 19.3 Å². The molecule has 1 rings (SSSR count). The van der Waals surface area contributed by atoms with Crippen LogP contribution in [-0.2, 0) is 0 Å². The summed E-state index contributed by atoms with van der Waals surface area (Å²) in [5.74, 6) is 1.26. The largest absolute Gasteiger partial charge is 0.396 e. The Morgan fingerprint density at radius 1 is 1.38 bits per heavy atom. The van der Waals surface area contributed by atoms with Gasteiger partial charge in [-0.25, -0.2) is 0 Å². The third-order valence-corrected chi connectivity index (χ3v) is 2.96. The van der Waals surface area contributed by atoms with Gasteiger partial charge in [-0.3, -0.25) is 0 Å². The molecule has 1 saturated carbocycles. The normalized spacial score (nSPS) is 28.8. The van der Waals surface area contributed by atoms with Crippen LogP contribution >= 0.6 is 0 Å². The molecule has 2 N–H and O–H groups in total. The average Bonchev–Trinajstić information content (AvgIpc) is 2.60. The maximum atomic E-state index is 9.10. The van der Waals surface area contributed by atoms with Crippen LogP contribution < -0.4 is 5.32 Å². The molecule has 1 fully saturated rings. The molecular formula is C11H21NO. The van der Waals surface area contributed by atoms with Gasteiger partial charge in [0.1, 0.15) is 0 Å². The Hall–Kier alpha value is -0.340. The second-order valence-electron chi connectivity index (χ2n) is 3.86. The lowest BCUT2D eigenvalue weighted by Crippen LogP contribution is -2.26. The fraction of sp³-hybridized carbons (Fsp3) is 0.818. The van der Waals surface area contributed by atoms with Crippen LogP contribution in [0.4, 0.5) is 0 Å². The molecule has 0 aromatic heterocycles. The van der Waals surface area contributed by atoms with Crippen LogP contribution in [0.2, 0.25) is 0 Å². The number of hydrogen-bond donors (Lipinski definition) is 2. The van der Waals surface area contributed by atoms with E-state index in [2.05, 4.69) is 17.5 Å². The summed E-state index contributed by atoms with van der Waals surface area (Å²) in [6, 6.07) is 0. The maximum Gasteiger partial charge on any atom is 0.0462 e. The van der Waals surface area contributed by atoms with Crippen molar-refractivity contribution in [3.63, 3.8) is 0 Å². The van der Waals surface area contributed by atoms with Gasteiger partial charge in [-0.2, -0.15) is 0 Å². The van der Waals surface area contributed by atoms with Gasteiger partial charge in [0.05, 0.1) is 0 Å². The Bertz CT molecular complexity index is 156. The first-order valence-corrected chi connectivity index (χ1v) is 5.31. The molecule has 2 atom stereocenters. The summed E-state index contributed by atoms with van der Waals surface area (Å²) < 4.78 is 0. The van der Waals surface area contributed by atoms with E-state index in [-0.39, 0.29) is 0 Å². The Balaban J connectivity index is 2.12. The van der Waals surface area contributed by atoms with Crippen molar-refractivity contribution in [1.82, 2.24) is 5.32 Å². The highest BCUT2D eigenvalue weighted by Crippen LogP contribution is 2.30. The lowest BCUT2D eigenvalue weighted by molar-refractivity contribution is 0.193. The van der Waals surface area contributed by atoms with Gasteiger partial charge in [-0.05, 0) is 38.1 Å². The summed E-state index contributed by atoms with van der Waals surface area (Å²) in [5.41, 5.74) is 0. The van der Waals surface area contributed by atoms with Crippen molar-refractivity contribution >= 4 is 0 Å². The minimum Gasteiger partial charge on any atom is -0.396 e. The van der Waals surface area contributed by atoms with E-state index in [1.807, 2.05) is 6.92 Å². The van der Waals surface area contributed by atoms with Crippen molar-refractivity contribution in [3.8, 4) is 0 Å². The van der Waals surface area contributed by atoms with Gasteiger partial charge in [0, 0.05) is 13.2 Å². The predicted molar refractivity (Wildman–Crippen MR) is 55.6 cm³/mol. The molecule has 76 valence electrons. The molecule has 0 aromatic rings. The van der Waals surface area contributed by atoms with Gasteiger partial charge >= 0.3 is 0 Å². The molecule has 0 spiro atoms. The van der Waals surface area contributed by atoms with Crippen molar-refractivity contribution in [2.45, 2.75) is 26.2 Å². The van der Waals surface area contributed by atoms with Crippen LogP contribution in [0, 0.1) is 11.8 Å². The number of rotatable bonds is 5. The minimum absolute atomic E-state index is 0.371. The molecule has 0 bridgehead atoms. The van der Waals surface area contributed by atoms with E-state index in [4.69, 9.17) is 5.11 Å². The van der Waals surface area contributed by atoms with Gasteiger partial charge in [-0.15, -0.1) is 0 Å². The smallest absolute Gasteiger partial charge is 0.0462 e. The van der Waals surface area contributed by atoms with Crippen LogP contribution in [0.3, 0.4) is 0 Å². The van der Waals surface area contributed by atoms with E-state index < -0.39 is 0 Å². The third-order valence-electron chi connectivity index (χ3n) is 2.96. The molecule has 1 aliphatic carbocycles. The van der Waals surface area contributed by atoms with Gasteiger partial charge in [0.25, 0.3) is 0 Å². The molecule has 2 unspecified atom stereocenters. The zero-order chi connectivity index (χ0) is 9.52. The van der Waals surface area contributed by atoms with Crippen molar-refractivity contribution < 1.29 is 5.11 Å². The SMILES string of the molecule is C/C=C/CNCC1CCCC1CO. The fourth-order valence-electron chi connectivity index (χ4n) is 2.09. The second kappa shape index (κ2) is 6.17. The van der Waals surface area contributed by atoms with Crippen LogP contribution in [0.5, 0.6) is 0 Å². The Morgan fingerprint density at radius 3 is 2.85 bits per heavy atom. The van der Waals surface area contributed by atoms with Gasteiger partial charge in [0.15, 0.2) is 0 Å². The van der Waals surface area contributed by atoms with Crippen molar-refractivity contribution in [1.29, 1.82) is 0 Å². The van der Waals surface area contributed by atoms with E-state index in [9.17, 15) is 0 Å². The number of hydrogen-bond acceptors (Lipinski definition) is 2. The number of aliphatic hydroxyl groups is 1. The predicted octanol–water partition coefficient (Wildman–Crippen LogP) is 1.56. The molecule has 0 saturated heterocycles. The summed E-state index contributed by atoms with van der Waals surface area (Å²) in [6.45, 7) is 4.43. The molecule has 2 heteroatoms. The standard InChI is InChI=1S/C11H21NO/c1-2-3-7-12-8-10-5-4-6-11(10)9-13/h2-3,10-13H,4-9H2,1H3/b3-2+. The molecule has 0 aliphatic heterocycles. The summed E-state index contributed by atoms with van der Waals surface area (Å²) >= 11 is 0. The zero-order valence-electron chi connectivity index (χ0n) is 8.50. The Kier molecular flexibility index (Phi) is 5.09. The Morgan fingerprint density at radius 2 is 2.15 bits per heavy atom. The second-order valence-corrected chi connectivity index (χ2v) is 3.86. The van der Waals surface area contributed by atoms with Gasteiger partial charge in [0.2, 0.25) is 0 Å². The topological polar surface area (TPSA) is 32.3 Å². The molecule has 0 aromatic carbocycles. The Labute approximate surface area is 81.0 Å². The van der Waals surface area contributed by atoms with Crippen LogP contribution in [-0.4, -0.2) is 24.8 Å². The molecule has 1 aliphatic rings. The lowest BCUT2D eigenvalue weighted by Gasteiger charge is -2.17. The molecule has 0 amide bonds. The van der Waals surface area contributed by atoms with E-state index in [0.29, 0.717) is 18.4 Å². The molecule has 0 radical (unpaired) electrons. The molecule has 13 heavy (non-hydrogen) atoms. The van der Waals surface area contributed by atoms with Crippen molar-refractivity contribution in [2.24, 2.45) is 11.8 Å². The molecule has 2 nitrogen and oxygen atoms in total. The lowest BCUT2D eigenvalue weighted by atomic mass is 9.97. The monoisotopic (exact) mass is 183 g/mol. The highest BCUT2D eigenvalue weighted by Gasteiger charge is 2.25.